The molecule has 6 heteroatoms. The fraction of sp³-hybridized carbons (Fsp3) is 1.00. The number of nitrogens with one attached hydrogen (secondary N) is 1. The first-order valence-corrected chi connectivity index (χ1v) is 8.82. The number of rotatable bonds is 7. The van der Waals surface area contributed by atoms with Crippen molar-refractivity contribution in [1.82, 2.24) is 4.72 Å². The molecule has 96 valence electrons. The summed E-state index contributed by atoms with van der Waals surface area (Å²) in [6.45, 7) is 2.69. The quantitative estimate of drug-likeness (QED) is 0.576. The Morgan fingerprint density at radius 3 is 2.75 bits per heavy atom. The van der Waals surface area contributed by atoms with Crippen LogP contribution in [0.25, 0.3) is 0 Å². The number of unbranched alkanes of at least 4 members (excludes halogenated alkanes) is 1. The molecule has 16 heavy (non-hydrogen) atoms. The number of sulfonamides is 1. The molecule has 1 saturated heterocycles. The van der Waals surface area contributed by atoms with Gasteiger partial charge in [-0.25, -0.2) is 13.1 Å². The Morgan fingerprint density at radius 1 is 1.44 bits per heavy atom. The summed E-state index contributed by atoms with van der Waals surface area (Å²) in [5, 5.41) is 0. The first-order valence-electron chi connectivity index (χ1n) is 5.65. The highest BCUT2D eigenvalue weighted by Crippen LogP contribution is 2.37. The highest BCUT2D eigenvalue weighted by molar-refractivity contribution is 8.01. The van der Waals surface area contributed by atoms with Crippen LogP contribution in [0, 0.1) is 0 Å². The fourth-order valence-corrected chi connectivity index (χ4v) is 4.49. The van der Waals surface area contributed by atoms with E-state index in [1.165, 1.54) is 6.42 Å². The molecule has 0 aromatic heterocycles. The first-order chi connectivity index (χ1) is 7.47. The monoisotopic (exact) mass is 285 g/mol. The number of hydrogen-bond donors (Lipinski definition) is 1. The number of thioether (sulfide) groups is 1. The van der Waals surface area contributed by atoms with Crippen LogP contribution in [0.5, 0.6) is 0 Å². The highest BCUT2D eigenvalue weighted by Gasteiger charge is 2.30. The van der Waals surface area contributed by atoms with Gasteiger partial charge in [-0.05, 0) is 38.4 Å². The molecule has 0 aliphatic carbocycles. The van der Waals surface area contributed by atoms with Gasteiger partial charge in [-0.3, -0.25) is 0 Å². The number of alkyl halides is 1. The average Bonchev–Trinajstić information content (AvgIpc) is 2.64. The van der Waals surface area contributed by atoms with Crippen molar-refractivity contribution >= 4 is 33.4 Å². The zero-order valence-corrected chi connectivity index (χ0v) is 12.1. The Balaban J connectivity index is 2.30. The molecule has 1 fully saturated rings. The van der Waals surface area contributed by atoms with Crippen molar-refractivity contribution in [3.8, 4) is 0 Å². The minimum atomic E-state index is -3.10. The van der Waals surface area contributed by atoms with E-state index in [1.54, 1.807) is 0 Å². The van der Waals surface area contributed by atoms with Gasteiger partial charge < -0.3 is 0 Å². The van der Waals surface area contributed by atoms with Crippen LogP contribution in [0.1, 0.15) is 32.6 Å². The SMILES string of the molecule is CC1(CNS(=O)(=O)CCCCCl)CCCS1. The van der Waals surface area contributed by atoms with E-state index in [9.17, 15) is 8.42 Å². The second-order valence-corrected chi connectivity index (χ2v) is 8.42. The Kier molecular flexibility index (Phi) is 5.91. The molecule has 1 aliphatic rings. The zero-order valence-electron chi connectivity index (χ0n) is 9.67. The van der Waals surface area contributed by atoms with Gasteiger partial charge in [0.05, 0.1) is 5.75 Å². The fourth-order valence-electron chi connectivity index (χ4n) is 1.70. The molecule has 0 amide bonds. The van der Waals surface area contributed by atoms with Crippen molar-refractivity contribution in [2.24, 2.45) is 0 Å². The van der Waals surface area contributed by atoms with Crippen LogP contribution in [0.4, 0.5) is 0 Å². The second kappa shape index (κ2) is 6.47. The van der Waals surface area contributed by atoms with Gasteiger partial charge in [0.2, 0.25) is 10.0 Å². The van der Waals surface area contributed by atoms with Gasteiger partial charge in [-0.15, -0.1) is 11.6 Å². The molecule has 0 bridgehead atoms. The van der Waals surface area contributed by atoms with Gasteiger partial charge in [0.1, 0.15) is 0 Å². The lowest BCUT2D eigenvalue weighted by atomic mass is 10.1. The van der Waals surface area contributed by atoms with E-state index >= 15 is 0 Å². The van der Waals surface area contributed by atoms with Gasteiger partial charge in [0.15, 0.2) is 0 Å². The molecule has 1 atom stereocenters. The lowest BCUT2D eigenvalue weighted by Gasteiger charge is -2.22. The molecule has 1 N–H and O–H groups in total. The van der Waals surface area contributed by atoms with E-state index < -0.39 is 10.0 Å². The summed E-state index contributed by atoms with van der Waals surface area (Å²) in [6, 6.07) is 0. The number of hydrogen-bond acceptors (Lipinski definition) is 3. The summed E-state index contributed by atoms with van der Waals surface area (Å²) in [5.74, 6) is 1.87. The van der Waals surface area contributed by atoms with E-state index in [4.69, 9.17) is 11.6 Å². The van der Waals surface area contributed by atoms with E-state index in [2.05, 4.69) is 11.6 Å². The molecule has 0 saturated carbocycles. The summed E-state index contributed by atoms with van der Waals surface area (Å²) in [4.78, 5) is 0. The second-order valence-electron chi connectivity index (χ2n) is 4.44. The highest BCUT2D eigenvalue weighted by atomic mass is 35.5. The topological polar surface area (TPSA) is 46.2 Å². The van der Waals surface area contributed by atoms with Gasteiger partial charge in [-0.1, -0.05) is 0 Å². The van der Waals surface area contributed by atoms with Crippen molar-refractivity contribution in [3.05, 3.63) is 0 Å². The van der Waals surface area contributed by atoms with E-state index in [0.29, 0.717) is 18.8 Å². The third-order valence-electron chi connectivity index (χ3n) is 2.76. The summed E-state index contributed by atoms with van der Waals surface area (Å²) < 4.78 is 26.1. The van der Waals surface area contributed by atoms with Crippen molar-refractivity contribution in [2.45, 2.75) is 37.4 Å². The van der Waals surface area contributed by atoms with Crippen molar-refractivity contribution in [2.75, 3.05) is 23.9 Å². The molecule has 0 aromatic carbocycles. The van der Waals surface area contributed by atoms with E-state index in [1.807, 2.05) is 11.8 Å². The van der Waals surface area contributed by atoms with Crippen LogP contribution in [-0.4, -0.2) is 37.1 Å². The largest absolute Gasteiger partial charge is 0.214 e. The summed E-state index contributed by atoms with van der Waals surface area (Å²) in [6.07, 6.45) is 3.69. The minimum Gasteiger partial charge on any atom is -0.214 e. The molecule has 1 unspecified atom stereocenters. The maximum atomic E-state index is 11.6. The third-order valence-corrected chi connectivity index (χ3v) is 5.98. The molecule has 1 rings (SSSR count). The molecule has 0 spiro atoms. The summed E-state index contributed by atoms with van der Waals surface area (Å²) >= 11 is 7.38. The van der Waals surface area contributed by atoms with Crippen LogP contribution in [0.15, 0.2) is 0 Å². The molecule has 3 nitrogen and oxygen atoms in total. The predicted molar refractivity (Wildman–Crippen MR) is 71.8 cm³/mol. The van der Waals surface area contributed by atoms with Gasteiger partial charge in [0.25, 0.3) is 0 Å². The summed E-state index contributed by atoms with van der Waals surface area (Å²) in [7, 11) is -3.10. The van der Waals surface area contributed by atoms with Crippen LogP contribution in [0.2, 0.25) is 0 Å². The van der Waals surface area contributed by atoms with E-state index in [-0.39, 0.29) is 10.5 Å². The van der Waals surface area contributed by atoms with Gasteiger partial charge in [-0.2, -0.15) is 11.8 Å². The maximum absolute atomic E-state index is 11.6. The first kappa shape index (κ1) is 14.6. The average molecular weight is 286 g/mol. The van der Waals surface area contributed by atoms with Crippen molar-refractivity contribution in [1.29, 1.82) is 0 Å². The normalized spacial score (nSPS) is 26.1. The minimum absolute atomic E-state index is 0.0968. The molecule has 1 heterocycles. The third kappa shape index (κ3) is 5.25. The van der Waals surface area contributed by atoms with Crippen LogP contribution < -0.4 is 4.72 Å². The predicted octanol–water partition coefficient (Wildman–Crippen LogP) is 2.21. The molecular formula is C10H20ClNO2S2. The molecule has 0 radical (unpaired) electrons. The lowest BCUT2D eigenvalue weighted by molar-refractivity contribution is 0.550. The molecular weight excluding hydrogens is 266 g/mol. The Morgan fingerprint density at radius 2 is 2.19 bits per heavy atom. The standard InChI is InChI=1S/C10H20ClNO2S2/c1-10(5-4-7-15-10)9-12-16(13,14)8-3-2-6-11/h12H,2-9H2,1H3. The van der Waals surface area contributed by atoms with Crippen molar-refractivity contribution < 1.29 is 8.42 Å². The Labute approximate surface area is 108 Å². The maximum Gasteiger partial charge on any atom is 0.211 e. The van der Waals surface area contributed by atoms with Crippen LogP contribution >= 0.6 is 23.4 Å². The lowest BCUT2D eigenvalue weighted by Crippen LogP contribution is -2.37. The molecule has 0 aromatic rings. The van der Waals surface area contributed by atoms with Crippen molar-refractivity contribution in [3.63, 3.8) is 0 Å². The Hall–Kier alpha value is 0.550. The van der Waals surface area contributed by atoms with Crippen LogP contribution in [-0.2, 0) is 10.0 Å². The van der Waals surface area contributed by atoms with Gasteiger partial charge in [0, 0.05) is 17.2 Å². The van der Waals surface area contributed by atoms with Crippen LogP contribution in [0.3, 0.4) is 0 Å². The zero-order chi connectivity index (χ0) is 12.1. The number of halogens is 1. The van der Waals surface area contributed by atoms with Gasteiger partial charge >= 0.3 is 0 Å². The smallest absolute Gasteiger partial charge is 0.211 e. The molecule has 1 aliphatic heterocycles. The summed E-state index contributed by atoms with van der Waals surface area (Å²) in [5.41, 5.74) is 0. The van der Waals surface area contributed by atoms with E-state index in [0.717, 1.165) is 18.6 Å². The Bertz CT molecular complexity index is 300.